The number of nitrogen functional groups attached to an aromatic ring is 1. The predicted octanol–water partition coefficient (Wildman–Crippen LogP) is 2.46. The molecule has 10 heteroatoms. The average Bonchev–Trinajstić information content (AvgIpc) is 3.05. The first-order valence-corrected chi connectivity index (χ1v) is 9.58. The smallest absolute Gasteiger partial charge is 0.194 e. The summed E-state index contributed by atoms with van der Waals surface area (Å²) in [5, 5.41) is 10.9. The molecule has 0 radical (unpaired) electrons. The highest BCUT2D eigenvalue weighted by molar-refractivity contribution is 7.99. The van der Waals surface area contributed by atoms with Gasteiger partial charge in [0.05, 0.1) is 18.9 Å². The number of pyridine rings is 1. The molecule has 3 rings (SSSR count). The Morgan fingerprint density at radius 3 is 2.75 bits per heavy atom. The first-order chi connectivity index (χ1) is 13.5. The molecule has 9 nitrogen and oxygen atoms in total. The summed E-state index contributed by atoms with van der Waals surface area (Å²) in [6.45, 7) is 3.82. The lowest BCUT2D eigenvalue weighted by Crippen LogP contribution is -2.18. The topological polar surface area (TPSA) is 118 Å². The van der Waals surface area contributed by atoms with Gasteiger partial charge >= 0.3 is 0 Å². The van der Waals surface area contributed by atoms with Crippen LogP contribution in [0.2, 0.25) is 0 Å². The number of anilines is 3. The molecule has 0 saturated heterocycles. The molecule has 0 amide bonds. The third kappa shape index (κ3) is 6.19. The maximum atomic E-state index is 5.74. The van der Waals surface area contributed by atoms with Crippen molar-refractivity contribution in [2.24, 2.45) is 0 Å². The Balaban J connectivity index is 1.77. The number of rotatable bonds is 9. The van der Waals surface area contributed by atoms with Crippen molar-refractivity contribution in [3.63, 3.8) is 0 Å². The molecule has 0 aliphatic rings. The minimum absolute atomic E-state index is 0.401. The second-order valence-electron chi connectivity index (χ2n) is 6.46. The van der Waals surface area contributed by atoms with Crippen LogP contribution < -0.4 is 11.1 Å². The second kappa shape index (κ2) is 9.49. The van der Waals surface area contributed by atoms with E-state index in [4.69, 9.17) is 10.5 Å². The van der Waals surface area contributed by atoms with Crippen LogP contribution >= 0.6 is 11.8 Å². The van der Waals surface area contributed by atoms with Crippen molar-refractivity contribution in [2.75, 3.05) is 38.3 Å². The maximum absolute atomic E-state index is 5.74. The van der Waals surface area contributed by atoms with Crippen molar-refractivity contribution in [3.8, 4) is 0 Å². The molecule has 0 bridgehead atoms. The number of H-pyrrole nitrogens is 1. The minimum Gasteiger partial charge on any atom is -0.384 e. The summed E-state index contributed by atoms with van der Waals surface area (Å²) < 4.78 is 5.74. The molecule has 3 heterocycles. The highest BCUT2D eigenvalue weighted by atomic mass is 32.2. The van der Waals surface area contributed by atoms with Gasteiger partial charge in [0.2, 0.25) is 0 Å². The number of ether oxygens (including phenoxy) is 1. The molecule has 0 spiro atoms. The van der Waals surface area contributed by atoms with Gasteiger partial charge in [0.1, 0.15) is 11.6 Å². The highest BCUT2D eigenvalue weighted by Gasteiger charge is 2.09. The summed E-state index contributed by atoms with van der Waals surface area (Å²) in [5.41, 5.74) is 7.40. The van der Waals surface area contributed by atoms with Gasteiger partial charge in [-0.05, 0) is 44.9 Å². The molecule has 28 heavy (non-hydrogen) atoms. The van der Waals surface area contributed by atoms with Crippen molar-refractivity contribution >= 4 is 29.2 Å². The minimum atomic E-state index is 0.401. The predicted molar refractivity (Wildman–Crippen MR) is 110 cm³/mol. The molecule has 0 saturated carbocycles. The largest absolute Gasteiger partial charge is 0.384 e. The van der Waals surface area contributed by atoms with Gasteiger partial charge in [-0.2, -0.15) is 5.10 Å². The van der Waals surface area contributed by atoms with Gasteiger partial charge < -0.3 is 20.7 Å². The molecule has 0 fully saturated rings. The fourth-order valence-electron chi connectivity index (χ4n) is 2.25. The number of hydrogen-bond acceptors (Lipinski definition) is 9. The number of likely N-dealkylation sites (N-methyl/N-ethyl adjacent to an activating group) is 1. The van der Waals surface area contributed by atoms with Crippen molar-refractivity contribution in [1.82, 2.24) is 30.0 Å². The molecule has 0 atom stereocenters. The van der Waals surface area contributed by atoms with Gasteiger partial charge in [0.25, 0.3) is 0 Å². The summed E-state index contributed by atoms with van der Waals surface area (Å²) in [6, 6.07) is 7.42. The van der Waals surface area contributed by atoms with Crippen molar-refractivity contribution < 1.29 is 4.74 Å². The van der Waals surface area contributed by atoms with Gasteiger partial charge in [-0.1, -0.05) is 0 Å². The molecule has 4 N–H and O–H groups in total. The summed E-state index contributed by atoms with van der Waals surface area (Å²) in [7, 11) is 4.02. The second-order valence-corrected chi connectivity index (χ2v) is 7.51. The number of aromatic amines is 1. The number of nitrogens with one attached hydrogen (secondary N) is 2. The fourth-order valence-corrected chi connectivity index (χ4v) is 3.01. The summed E-state index contributed by atoms with van der Waals surface area (Å²) in [6.07, 6.45) is 1.70. The molecule has 0 aliphatic heterocycles. The Bertz CT molecular complexity index is 897. The van der Waals surface area contributed by atoms with E-state index in [1.54, 1.807) is 12.3 Å². The Morgan fingerprint density at radius 1 is 1.21 bits per heavy atom. The van der Waals surface area contributed by atoms with Crippen LogP contribution in [-0.4, -0.2) is 57.3 Å². The van der Waals surface area contributed by atoms with Crippen LogP contribution in [0.15, 0.2) is 40.5 Å². The van der Waals surface area contributed by atoms with E-state index in [-0.39, 0.29) is 0 Å². The van der Waals surface area contributed by atoms with E-state index in [0.29, 0.717) is 35.8 Å². The van der Waals surface area contributed by atoms with Crippen molar-refractivity contribution in [2.45, 2.75) is 23.6 Å². The Labute approximate surface area is 168 Å². The first-order valence-electron chi connectivity index (χ1n) is 8.77. The van der Waals surface area contributed by atoms with Crippen LogP contribution in [0, 0.1) is 6.92 Å². The lowest BCUT2D eigenvalue weighted by Gasteiger charge is -2.11. The number of nitrogens with zero attached hydrogens (tertiary/aromatic N) is 5. The third-order valence-corrected chi connectivity index (χ3v) is 4.46. The Hall–Kier alpha value is -2.69. The van der Waals surface area contributed by atoms with Crippen LogP contribution in [0.5, 0.6) is 0 Å². The Morgan fingerprint density at radius 2 is 2.07 bits per heavy atom. The average molecular weight is 401 g/mol. The molecular formula is C18H24N8OS. The van der Waals surface area contributed by atoms with E-state index in [2.05, 4.69) is 35.4 Å². The zero-order valence-corrected chi connectivity index (χ0v) is 17.0. The standard InChI is InChI=1S/C18H24N8OS/c1-12-8-17(25-24-12)22-16-9-13(11-27-7-6-26(2)3)21-18(23-16)28-14-4-5-15(19)20-10-14/h4-5,8-10H,6-7,11H2,1-3H3,(H2,19,20)(H2,21,22,23,24,25). The lowest BCUT2D eigenvalue weighted by atomic mass is 10.4. The molecule has 0 aliphatic carbocycles. The zero-order chi connectivity index (χ0) is 19.9. The SMILES string of the molecule is Cc1cc(Nc2cc(COCCN(C)C)nc(Sc3ccc(N)nc3)n2)n[nH]1. The summed E-state index contributed by atoms with van der Waals surface area (Å²) in [5.74, 6) is 1.82. The molecule has 3 aromatic heterocycles. The van der Waals surface area contributed by atoms with Crippen LogP contribution in [0.1, 0.15) is 11.4 Å². The number of aromatic nitrogens is 5. The summed E-state index contributed by atoms with van der Waals surface area (Å²) in [4.78, 5) is 16.3. The van der Waals surface area contributed by atoms with Gasteiger partial charge in [-0.25, -0.2) is 15.0 Å². The number of aryl methyl sites for hydroxylation is 1. The molecular weight excluding hydrogens is 376 g/mol. The van der Waals surface area contributed by atoms with Crippen LogP contribution in [-0.2, 0) is 11.3 Å². The van der Waals surface area contributed by atoms with E-state index >= 15 is 0 Å². The highest BCUT2D eigenvalue weighted by Crippen LogP contribution is 2.26. The lowest BCUT2D eigenvalue weighted by molar-refractivity contribution is 0.103. The molecule has 0 unspecified atom stereocenters. The quantitative estimate of drug-likeness (QED) is 0.368. The van der Waals surface area contributed by atoms with Crippen molar-refractivity contribution in [3.05, 3.63) is 41.9 Å². The monoisotopic (exact) mass is 400 g/mol. The molecule has 3 aromatic rings. The van der Waals surface area contributed by atoms with Gasteiger partial charge in [0, 0.05) is 35.5 Å². The fraction of sp³-hybridized carbons (Fsp3) is 0.333. The van der Waals surface area contributed by atoms with Crippen LogP contribution in [0.4, 0.5) is 17.5 Å². The van der Waals surface area contributed by atoms with Gasteiger partial charge in [-0.3, -0.25) is 5.10 Å². The van der Waals surface area contributed by atoms with Crippen molar-refractivity contribution in [1.29, 1.82) is 0 Å². The van der Waals surface area contributed by atoms with E-state index < -0.39 is 0 Å². The number of nitrogens with two attached hydrogens (primary N) is 1. The van der Waals surface area contributed by atoms with E-state index in [1.165, 1.54) is 11.8 Å². The third-order valence-electron chi connectivity index (χ3n) is 3.62. The van der Waals surface area contributed by atoms with Crippen LogP contribution in [0.3, 0.4) is 0 Å². The summed E-state index contributed by atoms with van der Waals surface area (Å²) >= 11 is 1.41. The van der Waals surface area contributed by atoms with Crippen LogP contribution in [0.25, 0.3) is 0 Å². The van der Waals surface area contributed by atoms with Gasteiger partial charge in [-0.15, -0.1) is 0 Å². The Kier molecular flexibility index (Phi) is 6.80. The van der Waals surface area contributed by atoms with E-state index in [9.17, 15) is 0 Å². The zero-order valence-electron chi connectivity index (χ0n) is 16.1. The van der Waals surface area contributed by atoms with Gasteiger partial charge in [0.15, 0.2) is 11.0 Å². The molecule has 148 valence electrons. The first kappa shape index (κ1) is 20.1. The normalized spacial score (nSPS) is 11.1. The van der Waals surface area contributed by atoms with E-state index in [0.717, 1.165) is 22.8 Å². The maximum Gasteiger partial charge on any atom is 0.194 e. The molecule has 0 aromatic carbocycles. The number of hydrogen-bond donors (Lipinski definition) is 3. The van der Waals surface area contributed by atoms with E-state index in [1.807, 2.05) is 39.2 Å².